The molecule has 0 spiro atoms. The van der Waals surface area contributed by atoms with E-state index in [1.165, 1.54) is 0 Å². The maximum absolute atomic E-state index is 8.38. The Labute approximate surface area is 112 Å². The van der Waals surface area contributed by atoms with E-state index in [1.807, 2.05) is 54.6 Å². The Bertz CT molecular complexity index is 460. The van der Waals surface area contributed by atoms with Crippen LogP contribution < -0.4 is 0 Å². The summed E-state index contributed by atoms with van der Waals surface area (Å²) >= 11 is 0. The van der Waals surface area contributed by atoms with Crippen molar-refractivity contribution in [3.8, 4) is 12.1 Å². The van der Waals surface area contributed by atoms with Crippen LogP contribution in [0.3, 0.4) is 0 Å². The molecule has 0 saturated carbocycles. The summed E-state index contributed by atoms with van der Waals surface area (Å²) in [6.07, 6.45) is 1.56. The van der Waals surface area contributed by atoms with E-state index in [9.17, 15) is 0 Å². The maximum Gasteiger partial charge on any atom is 2.00 e. The molecule has 17 heavy (non-hydrogen) atoms. The van der Waals surface area contributed by atoms with Crippen LogP contribution in [-0.4, -0.2) is 0 Å². The Balaban J connectivity index is 0.000000360. The standard InChI is InChI=1S/C9H5N2.C5H5.Fe/c10-6-9(7-11)5-8-3-1-2-4-8;1-2-4-5-3-1;/h1-5H;1-5H;/q2*-1;+2. The van der Waals surface area contributed by atoms with Gasteiger partial charge in [-0.15, -0.1) is 23.8 Å². The molecule has 2 nitrogen and oxygen atoms in total. The molecule has 0 saturated heterocycles. The maximum atomic E-state index is 8.38. The van der Waals surface area contributed by atoms with Gasteiger partial charge in [-0.1, -0.05) is 0 Å². The van der Waals surface area contributed by atoms with Crippen LogP contribution in [0.5, 0.6) is 0 Å². The quantitative estimate of drug-likeness (QED) is 0.450. The summed E-state index contributed by atoms with van der Waals surface area (Å²) < 4.78 is 0. The molecule has 2 rings (SSSR count). The molecule has 3 heteroatoms. The van der Waals surface area contributed by atoms with Gasteiger partial charge in [-0.2, -0.15) is 30.3 Å². The molecule has 0 aromatic heterocycles. The van der Waals surface area contributed by atoms with Crippen LogP contribution in [-0.2, 0) is 17.1 Å². The Morgan fingerprint density at radius 3 is 1.88 bits per heavy atom. The molecule has 0 heterocycles. The summed E-state index contributed by atoms with van der Waals surface area (Å²) in [5.41, 5.74) is 1.03. The van der Waals surface area contributed by atoms with Crippen LogP contribution in [0, 0.1) is 22.7 Å². The molecular formula is C14H10FeN2. The summed E-state index contributed by atoms with van der Waals surface area (Å²) in [6.45, 7) is 0. The van der Waals surface area contributed by atoms with Crippen LogP contribution in [0.1, 0.15) is 5.56 Å². The van der Waals surface area contributed by atoms with E-state index in [0.717, 1.165) is 5.56 Å². The van der Waals surface area contributed by atoms with Crippen molar-refractivity contribution in [2.75, 3.05) is 0 Å². The summed E-state index contributed by atoms with van der Waals surface area (Å²) in [5, 5.41) is 16.8. The van der Waals surface area contributed by atoms with Crippen LogP contribution >= 0.6 is 0 Å². The number of hydrogen-bond donors (Lipinski definition) is 0. The largest absolute Gasteiger partial charge is 2.00 e. The minimum Gasteiger partial charge on any atom is -0.214 e. The minimum absolute atomic E-state index is 0. The molecule has 0 aliphatic rings. The zero-order valence-corrected chi connectivity index (χ0v) is 10.1. The third-order valence-corrected chi connectivity index (χ3v) is 1.80. The van der Waals surface area contributed by atoms with E-state index in [4.69, 9.17) is 10.5 Å². The molecule has 84 valence electrons. The van der Waals surface area contributed by atoms with Crippen molar-refractivity contribution in [3.63, 3.8) is 0 Å². The smallest absolute Gasteiger partial charge is 0.214 e. The third kappa shape index (κ3) is 6.17. The fraction of sp³-hybridized carbons (Fsp3) is 0. The second kappa shape index (κ2) is 9.19. The monoisotopic (exact) mass is 262 g/mol. The van der Waals surface area contributed by atoms with E-state index < -0.39 is 0 Å². The second-order valence-electron chi connectivity index (χ2n) is 2.96. The molecule has 0 aliphatic heterocycles. The Hall–Kier alpha value is -2.06. The molecule has 0 radical (unpaired) electrons. The Morgan fingerprint density at radius 1 is 1.00 bits per heavy atom. The van der Waals surface area contributed by atoms with Crippen molar-refractivity contribution in [3.05, 3.63) is 65.7 Å². The van der Waals surface area contributed by atoms with Gasteiger partial charge >= 0.3 is 17.1 Å². The number of nitrogens with zero attached hydrogens (tertiary/aromatic N) is 2. The molecule has 0 N–H and O–H groups in total. The number of nitriles is 2. The van der Waals surface area contributed by atoms with Crippen LogP contribution in [0.4, 0.5) is 0 Å². The van der Waals surface area contributed by atoms with Crippen LogP contribution in [0.25, 0.3) is 6.08 Å². The predicted octanol–water partition coefficient (Wildman–Crippen LogP) is 3.24. The van der Waals surface area contributed by atoms with Gasteiger partial charge in [-0.3, -0.25) is 0 Å². The average Bonchev–Trinajstić information content (AvgIpc) is 3.01. The van der Waals surface area contributed by atoms with E-state index in [2.05, 4.69) is 0 Å². The zero-order chi connectivity index (χ0) is 11.6. The van der Waals surface area contributed by atoms with Gasteiger partial charge in [0.15, 0.2) is 0 Å². The summed E-state index contributed by atoms with van der Waals surface area (Å²) in [7, 11) is 0. The van der Waals surface area contributed by atoms with Crippen molar-refractivity contribution in [1.82, 2.24) is 0 Å². The molecular weight excluding hydrogens is 252 g/mol. The van der Waals surface area contributed by atoms with Gasteiger partial charge in [-0.25, -0.2) is 22.7 Å². The van der Waals surface area contributed by atoms with E-state index >= 15 is 0 Å². The first-order valence-corrected chi connectivity index (χ1v) is 4.77. The van der Waals surface area contributed by atoms with Crippen molar-refractivity contribution in [1.29, 1.82) is 10.5 Å². The van der Waals surface area contributed by atoms with Gasteiger partial charge in [0.25, 0.3) is 0 Å². The minimum atomic E-state index is 0. The number of hydrogen-bond acceptors (Lipinski definition) is 2. The molecule has 0 bridgehead atoms. The molecule has 2 aromatic rings. The van der Waals surface area contributed by atoms with Gasteiger partial charge in [0.1, 0.15) is 0 Å². The molecule has 0 amide bonds. The van der Waals surface area contributed by atoms with E-state index in [-0.39, 0.29) is 22.6 Å². The number of allylic oxidation sites excluding steroid dienone is 1. The first-order chi connectivity index (χ1) is 7.86. The van der Waals surface area contributed by atoms with E-state index in [0.29, 0.717) is 0 Å². The van der Waals surface area contributed by atoms with Gasteiger partial charge in [0.2, 0.25) is 0 Å². The normalized spacial score (nSPS) is 7.41. The zero-order valence-electron chi connectivity index (χ0n) is 9.02. The number of rotatable bonds is 1. The SMILES string of the molecule is N#CC(C#N)=C[c-]1cccc1.[Fe+2].c1cc[cH-]c1. The van der Waals surface area contributed by atoms with Crippen LogP contribution in [0.15, 0.2) is 60.2 Å². The Kier molecular flexibility index (Phi) is 8.07. The van der Waals surface area contributed by atoms with Crippen molar-refractivity contribution < 1.29 is 17.1 Å². The van der Waals surface area contributed by atoms with E-state index in [1.54, 1.807) is 18.2 Å². The van der Waals surface area contributed by atoms with Crippen LogP contribution in [0.2, 0.25) is 0 Å². The summed E-state index contributed by atoms with van der Waals surface area (Å²) in [5.74, 6) is 0. The topological polar surface area (TPSA) is 47.6 Å². The van der Waals surface area contributed by atoms with Crippen molar-refractivity contribution >= 4 is 6.08 Å². The first-order valence-electron chi connectivity index (χ1n) is 4.77. The van der Waals surface area contributed by atoms with Crippen molar-refractivity contribution in [2.24, 2.45) is 0 Å². The third-order valence-electron chi connectivity index (χ3n) is 1.80. The average molecular weight is 262 g/mol. The predicted molar refractivity (Wildman–Crippen MR) is 63.3 cm³/mol. The first kappa shape index (κ1) is 14.9. The summed E-state index contributed by atoms with van der Waals surface area (Å²) in [6, 6.07) is 21.0. The Morgan fingerprint density at radius 2 is 1.53 bits per heavy atom. The molecule has 0 aliphatic carbocycles. The van der Waals surface area contributed by atoms with Crippen molar-refractivity contribution in [2.45, 2.75) is 0 Å². The fourth-order valence-electron chi connectivity index (χ4n) is 1.06. The molecule has 0 unspecified atom stereocenters. The van der Waals surface area contributed by atoms with Gasteiger partial charge < -0.3 is 0 Å². The molecule has 2 aromatic carbocycles. The summed E-state index contributed by atoms with van der Waals surface area (Å²) in [4.78, 5) is 0. The van der Waals surface area contributed by atoms with Gasteiger partial charge in [0, 0.05) is 0 Å². The second-order valence-corrected chi connectivity index (χ2v) is 2.96. The fourth-order valence-corrected chi connectivity index (χ4v) is 1.06. The van der Waals surface area contributed by atoms with Gasteiger partial charge in [-0.05, 0) is 0 Å². The van der Waals surface area contributed by atoms with Gasteiger partial charge in [0.05, 0.1) is 17.7 Å². The molecule has 0 fully saturated rings. The molecule has 0 atom stereocenters.